The SMILES string of the molecule is C[Si](C)(C)CCOCN1CSc2cc(N)ccc21. The highest BCUT2D eigenvalue weighted by Gasteiger charge is 2.20. The normalized spacial score (nSPS) is 14.9. The van der Waals surface area contributed by atoms with Gasteiger partial charge in [-0.25, -0.2) is 0 Å². The van der Waals surface area contributed by atoms with Crippen molar-refractivity contribution in [3.63, 3.8) is 0 Å². The van der Waals surface area contributed by atoms with Crippen molar-refractivity contribution in [2.24, 2.45) is 0 Å². The van der Waals surface area contributed by atoms with Crippen molar-refractivity contribution in [1.82, 2.24) is 0 Å². The molecule has 1 aliphatic heterocycles. The van der Waals surface area contributed by atoms with Gasteiger partial charge in [-0.05, 0) is 24.2 Å². The average molecular weight is 282 g/mol. The summed E-state index contributed by atoms with van der Waals surface area (Å²) in [4.78, 5) is 3.53. The van der Waals surface area contributed by atoms with Gasteiger partial charge in [-0.2, -0.15) is 0 Å². The monoisotopic (exact) mass is 282 g/mol. The Kier molecular flexibility index (Phi) is 4.24. The van der Waals surface area contributed by atoms with Crippen molar-refractivity contribution in [1.29, 1.82) is 0 Å². The first-order valence-electron chi connectivity index (χ1n) is 6.31. The molecule has 2 rings (SSSR count). The fourth-order valence-corrected chi connectivity index (χ4v) is 3.61. The van der Waals surface area contributed by atoms with E-state index in [-0.39, 0.29) is 0 Å². The fourth-order valence-electron chi connectivity index (χ4n) is 1.78. The summed E-state index contributed by atoms with van der Waals surface area (Å²) in [6.45, 7) is 8.69. The summed E-state index contributed by atoms with van der Waals surface area (Å²) in [7, 11) is -0.978. The summed E-state index contributed by atoms with van der Waals surface area (Å²) in [5.41, 5.74) is 7.88. The summed E-state index contributed by atoms with van der Waals surface area (Å²) in [5, 5.41) is 0. The van der Waals surface area contributed by atoms with Gasteiger partial charge in [-0.3, -0.25) is 0 Å². The second-order valence-corrected chi connectivity index (χ2v) is 12.5. The maximum absolute atomic E-state index is 5.80. The van der Waals surface area contributed by atoms with Crippen molar-refractivity contribution in [2.75, 3.05) is 29.8 Å². The van der Waals surface area contributed by atoms with Crippen LogP contribution >= 0.6 is 11.8 Å². The summed E-state index contributed by atoms with van der Waals surface area (Å²) < 4.78 is 5.80. The van der Waals surface area contributed by atoms with Gasteiger partial charge in [-0.15, -0.1) is 11.8 Å². The molecule has 1 aliphatic rings. The molecule has 1 aromatic rings. The molecule has 18 heavy (non-hydrogen) atoms. The molecule has 1 heterocycles. The van der Waals surface area contributed by atoms with Crippen molar-refractivity contribution >= 4 is 31.2 Å². The minimum atomic E-state index is -0.978. The first-order chi connectivity index (χ1) is 8.46. The Morgan fingerprint density at radius 1 is 1.39 bits per heavy atom. The molecule has 0 bridgehead atoms. The van der Waals surface area contributed by atoms with Gasteiger partial charge >= 0.3 is 0 Å². The largest absolute Gasteiger partial charge is 0.399 e. The van der Waals surface area contributed by atoms with Crippen molar-refractivity contribution < 1.29 is 4.74 Å². The fraction of sp³-hybridized carbons (Fsp3) is 0.538. The van der Waals surface area contributed by atoms with Gasteiger partial charge < -0.3 is 15.4 Å². The Hall–Kier alpha value is -0.653. The molecule has 0 aliphatic carbocycles. The number of rotatable bonds is 5. The van der Waals surface area contributed by atoms with Crippen LogP contribution in [0.1, 0.15) is 0 Å². The maximum atomic E-state index is 5.80. The van der Waals surface area contributed by atoms with Crippen molar-refractivity contribution in [2.45, 2.75) is 30.6 Å². The molecular formula is C13H22N2OSSi. The van der Waals surface area contributed by atoms with Crippen LogP contribution in [0.15, 0.2) is 23.1 Å². The molecule has 1 aromatic carbocycles. The van der Waals surface area contributed by atoms with Crippen LogP contribution in [0.4, 0.5) is 11.4 Å². The molecule has 0 unspecified atom stereocenters. The lowest BCUT2D eigenvalue weighted by Crippen LogP contribution is -2.26. The van der Waals surface area contributed by atoms with E-state index in [9.17, 15) is 0 Å². The lowest BCUT2D eigenvalue weighted by molar-refractivity contribution is 0.149. The Morgan fingerprint density at radius 2 is 2.17 bits per heavy atom. The molecule has 0 saturated carbocycles. The van der Waals surface area contributed by atoms with E-state index in [1.165, 1.54) is 16.6 Å². The van der Waals surface area contributed by atoms with Crippen LogP contribution in [0, 0.1) is 0 Å². The van der Waals surface area contributed by atoms with Gasteiger partial charge in [0.2, 0.25) is 0 Å². The predicted molar refractivity (Wildman–Crippen MR) is 83.0 cm³/mol. The second kappa shape index (κ2) is 5.55. The highest BCUT2D eigenvalue weighted by molar-refractivity contribution is 7.99. The molecule has 3 nitrogen and oxygen atoms in total. The van der Waals surface area contributed by atoms with Gasteiger partial charge in [-0.1, -0.05) is 19.6 Å². The maximum Gasteiger partial charge on any atom is 0.119 e. The highest BCUT2D eigenvalue weighted by Crippen LogP contribution is 2.39. The molecule has 0 saturated heterocycles. The van der Waals surface area contributed by atoms with Crippen molar-refractivity contribution in [3.8, 4) is 0 Å². The standard InChI is InChI=1S/C13H22N2OSSi/c1-18(2,3)7-6-16-9-15-10-17-13-8-11(14)4-5-12(13)15/h4-5,8H,6-7,9-10,14H2,1-3H3. The number of hydrogen-bond acceptors (Lipinski definition) is 4. The minimum absolute atomic E-state index is 0.689. The van der Waals surface area contributed by atoms with Crippen molar-refractivity contribution in [3.05, 3.63) is 18.2 Å². The van der Waals surface area contributed by atoms with Gasteiger partial charge in [0.15, 0.2) is 0 Å². The second-order valence-electron chi connectivity index (χ2n) is 5.89. The Balaban J connectivity index is 1.83. The number of ether oxygens (including phenoxy) is 1. The highest BCUT2D eigenvalue weighted by atomic mass is 32.2. The number of fused-ring (bicyclic) bond motifs is 1. The Bertz CT molecular complexity index is 420. The van der Waals surface area contributed by atoms with Crippen LogP contribution in [0.3, 0.4) is 0 Å². The first kappa shape index (κ1) is 13.8. The lowest BCUT2D eigenvalue weighted by Gasteiger charge is -2.20. The van der Waals surface area contributed by atoms with Crippen LogP contribution in [0.25, 0.3) is 0 Å². The van der Waals surface area contributed by atoms with Crippen LogP contribution in [0.2, 0.25) is 25.7 Å². The molecule has 0 amide bonds. The average Bonchev–Trinajstić information content (AvgIpc) is 2.65. The number of anilines is 2. The number of nitrogens with zero attached hydrogens (tertiary/aromatic N) is 1. The molecule has 0 atom stereocenters. The number of hydrogen-bond donors (Lipinski definition) is 1. The molecule has 0 spiro atoms. The van der Waals surface area contributed by atoms with E-state index in [0.717, 1.165) is 18.2 Å². The van der Waals surface area contributed by atoms with Crippen LogP contribution in [0.5, 0.6) is 0 Å². The Labute approximate surface area is 115 Å². The zero-order valence-electron chi connectivity index (χ0n) is 11.4. The van der Waals surface area contributed by atoms with Gasteiger partial charge in [0.25, 0.3) is 0 Å². The van der Waals surface area contributed by atoms with E-state index in [1.54, 1.807) is 0 Å². The topological polar surface area (TPSA) is 38.5 Å². The van der Waals surface area contributed by atoms with E-state index < -0.39 is 8.07 Å². The van der Waals surface area contributed by atoms with E-state index >= 15 is 0 Å². The van der Waals surface area contributed by atoms with Crippen LogP contribution in [-0.4, -0.2) is 27.3 Å². The number of benzene rings is 1. The summed E-state index contributed by atoms with van der Waals surface area (Å²) in [5.74, 6) is 0.964. The van der Waals surface area contributed by atoms with E-state index in [4.69, 9.17) is 10.5 Å². The molecule has 0 aromatic heterocycles. The summed E-state index contributed by atoms with van der Waals surface area (Å²) in [6.07, 6.45) is 0. The van der Waals surface area contributed by atoms with Crippen LogP contribution < -0.4 is 10.6 Å². The predicted octanol–water partition coefficient (Wildman–Crippen LogP) is 3.45. The molecule has 0 radical (unpaired) electrons. The van der Waals surface area contributed by atoms with E-state index in [2.05, 4.69) is 30.6 Å². The zero-order chi connectivity index (χ0) is 13.2. The van der Waals surface area contributed by atoms with Crippen LogP contribution in [-0.2, 0) is 4.74 Å². The number of nitrogen functional groups attached to an aromatic ring is 1. The lowest BCUT2D eigenvalue weighted by atomic mass is 10.3. The zero-order valence-corrected chi connectivity index (χ0v) is 13.2. The summed E-state index contributed by atoms with van der Waals surface area (Å²) >= 11 is 1.83. The third kappa shape index (κ3) is 3.67. The van der Waals surface area contributed by atoms with Gasteiger partial charge in [0.05, 0.1) is 11.6 Å². The van der Waals surface area contributed by atoms with Gasteiger partial charge in [0, 0.05) is 25.3 Å². The number of nitrogens with two attached hydrogens (primary N) is 1. The molecule has 5 heteroatoms. The van der Waals surface area contributed by atoms with E-state index in [0.29, 0.717) is 6.73 Å². The van der Waals surface area contributed by atoms with Gasteiger partial charge in [0.1, 0.15) is 6.73 Å². The molecule has 0 fully saturated rings. The number of thioether (sulfide) groups is 1. The minimum Gasteiger partial charge on any atom is -0.399 e. The third-order valence-corrected chi connectivity index (χ3v) is 5.73. The molecule has 100 valence electrons. The van der Waals surface area contributed by atoms with E-state index in [1.807, 2.05) is 23.9 Å². The Morgan fingerprint density at radius 3 is 2.89 bits per heavy atom. The summed E-state index contributed by atoms with van der Waals surface area (Å²) in [6, 6.07) is 7.32. The first-order valence-corrected chi connectivity index (χ1v) is 11.0. The molecule has 2 N–H and O–H groups in total. The smallest absolute Gasteiger partial charge is 0.119 e. The quantitative estimate of drug-likeness (QED) is 0.510. The molecular weight excluding hydrogens is 260 g/mol. The third-order valence-electron chi connectivity index (χ3n) is 2.94.